The molecule has 22 heavy (non-hydrogen) atoms. The zero-order chi connectivity index (χ0) is 16.1. The summed E-state index contributed by atoms with van der Waals surface area (Å²) < 4.78 is 11.2. The van der Waals surface area contributed by atoms with Crippen molar-refractivity contribution >= 4 is 11.9 Å². The van der Waals surface area contributed by atoms with Gasteiger partial charge in [0.2, 0.25) is 6.10 Å². The number of para-hydroxylation sites is 2. The second-order valence-corrected chi connectivity index (χ2v) is 5.69. The van der Waals surface area contributed by atoms with Gasteiger partial charge < -0.3 is 19.5 Å². The molecule has 1 amide bonds. The maximum atomic E-state index is 12.6. The normalized spacial score (nSPS) is 16.4. The first-order chi connectivity index (χ1) is 10.5. The van der Waals surface area contributed by atoms with E-state index in [1.54, 1.807) is 17.0 Å². The number of carboxylic acids is 1. The van der Waals surface area contributed by atoms with Crippen LogP contribution in [0.4, 0.5) is 0 Å². The molecule has 0 radical (unpaired) electrons. The van der Waals surface area contributed by atoms with E-state index >= 15 is 0 Å². The third-order valence-corrected chi connectivity index (χ3v) is 3.28. The number of hydrogen-bond acceptors (Lipinski definition) is 4. The van der Waals surface area contributed by atoms with E-state index in [2.05, 4.69) is 0 Å². The minimum atomic E-state index is -0.923. The summed E-state index contributed by atoms with van der Waals surface area (Å²) in [5, 5.41) is 8.82. The van der Waals surface area contributed by atoms with E-state index in [4.69, 9.17) is 14.6 Å². The lowest BCUT2D eigenvalue weighted by Crippen LogP contribution is -2.48. The van der Waals surface area contributed by atoms with Crippen molar-refractivity contribution in [2.75, 3.05) is 19.7 Å². The number of benzene rings is 1. The Morgan fingerprint density at radius 1 is 1.32 bits per heavy atom. The minimum Gasteiger partial charge on any atom is -0.485 e. The van der Waals surface area contributed by atoms with Crippen molar-refractivity contribution in [2.24, 2.45) is 5.92 Å². The summed E-state index contributed by atoms with van der Waals surface area (Å²) in [4.78, 5) is 24.9. The van der Waals surface area contributed by atoms with E-state index in [0.717, 1.165) is 0 Å². The molecule has 0 spiro atoms. The molecule has 1 aliphatic rings. The van der Waals surface area contributed by atoms with Crippen LogP contribution in [0, 0.1) is 5.92 Å². The predicted molar refractivity (Wildman–Crippen MR) is 80.0 cm³/mol. The van der Waals surface area contributed by atoms with Gasteiger partial charge in [0.1, 0.15) is 6.61 Å². The van der Waals surface area contributed by atoms with E-state index in [1.165, 1.54) is 0 Å². The smallest absolute Gasteiger partial charge is 0.305 e. The van der Waals surface area contributed by atoms with Crippen LogP contribution in [-0.4, -0.2) is 47.7 Å². The summed E-state index contributed by atoms with van der Waals surface area (Å²) in [5.74, 6) is 0.244. The Bertz CT molecular complexity index is 543. The van der Waals surface area contributed by atoms with Crippen LogP contribution in [0.25, 0.3) is 0 Å². The van der Waals surface area contributed by atoms with E-state index in [-0.39, 0.29) is 31.4 Å². The van der Waals surface area contributed by atoms with Crippen LogP contribution in [-0.2, 0) is 9.59 Å². The number of fused-ring (bicyclic) bond motifs is 1. The number of ether oxygens (including phenoxy) is 2. The van der Waals surface area contributed by atoms with Gasteiger partial charge in [-0.15, -0.1) is 0 Å². The number of aliphatic carboxylic acids is 1. The molecule has 1 aromatic rings. The molecule has 1 N–H and O–H groups in total. The number of carbonyl (C=O) groups is 2. The maximum Gasteiger partial charge on any atom is 0.305 e. The van der Waals surface area contributed by atoms with Gasteiger partial charge in [-0.05, 0) is 18.1 Å². The Hall–Kier alpha value is -2.24. The highest BCUT2D eigenvalue weighted by molar-refractivity contribution is 5.82. The fourth-order valence-corrected chi connectivity index (χ4v) is 2.31. The van der Waals surface area contributed by atoms with Crippen LogP contribution in [0.1, 0.15) is 20.3 Å². The van der Waals surface area contributed by atoms with Gasteiger partial charge in [-0.25, -0.2) is 0 Å². The molecular formula is C16H21NO5. The van der Waals surface area contributed by atoms with Crippen LogP contribution in [0.2, 0.25) is 0 Å². The highest BCUT2D eigenvalue weighted by atomic mass is 16.6. The van der Waals surface area contributed by atoms with Crippen molar-refractivity contribution in [1.29, 1.82) is 0 Å². The van der Waals surface area contributed by atoms with Crippen molar-refractivity contribution in [1.82, 2.24) is 4.90 Å². The number of rotatable bonds is 6. The molecule has 0 saturated heterocycles. The summed E-state index contributed by atoms with van der Waals surface area (Å²) >= 11 is 0. The third-order valence-electron chi connectivity index (χ3n) is 3.28. The number of carbonyl (C=O) groups excluding carboxylic acids is 1. The Kier molecular flexibility index (Phi) is 5.25. The Morgan fingerprint density at radius 2 is 2.00 bits per heavy atom. The topological polar surface area (TPSA) is 76.1 Å². The summed E-state index contributed by atoms with van der Waals surface area (Å²) in [6, 6.07) is 7.18. The molecule has 1 atom stereocenters. The molecule has 0 bridgehead atoms. The van der Waals surface area contributed by atoms with Gasteiger partial charge in [0, 0.05) is 13.1 Å². The lowest BCUT2D eigenvalue weighted by molar-refractivity contribution is -0.143. The largest absolute Gasteiger partial charge is 0.485 e. The standard InChI is InChI=1S/C16H21NO5/c1-11(2)9-17(8-7-15(18)19)16(20)14-10-21-12-5-3-4-6-13(12)22-14/h3-6,11,14H,7-10H2,1-2H3,(H,18,19). The monoisotopic (exact) mass is 307 g/mol. The number of nitrogens with zero attached hydrogens (tertiary/aromatic N) is 1. The van der Waals surface area contributed by atoms with Crippen LogP contribution in [0.3, 0.4) is 0 Å². The molecule has 0 fully saturated rings. The fourth-order valence-electron chi connectivity index (χ4n) is 2.31. The van der Waals surface area contributed by atoms with E-state index < -0.39 is 12.1 Å². The van der Waals surface area contributed by atoms with Gasteiger partial charge in [-0.1, -0.05) is 26.0 Å². The lowest BCUT2D eigenvalue weighted by atomic mass is 10.1. The van der Waals surface area contributed by atoms with Crippen molar-refractivity contribution in [2.45, 2.75) is 26.4 Å². The number of amides is 1. The predicted octanol–water partition coefficient (Wildman–Crippen LogP) is 1.79. The number of carboxylic acid groups (broad SMARTS) is 1. The Labute approximate surface area is 129 Å². The maximum absolute atomic E-state index is 12.6. The second kappa shape index (κ2) is 7.15. The molecule has 1 unspecified atom stereocenters. The zero-order valence-electron chi connectivity index (χ0n) is 12.8. The van der Waals surface area contributed by atoms with Gasteiger partial charge in [-0.2, -0.15) is 0 Å². The molecule has 2 rings (SSSR count). The summed E-state index contributed by atoms with van der Waals surface area (Å²) in [7, 11) is 0. The van der Waals surface area contributed by atoms with E-state index in [0.29, 0.717) is 18.0 Å². The van der Waals surface area contributed by atoms with Crippen molar-refractivity contribution in [3.05, 3.63) is 24.3 Å². The quantitative estimate of drug-likeness (QED) is 0.867. The first kappa shape index (κ1) is 16.1. The van der Waals surface area contributed by atoms with Crippen molar-refractivity contribution < 1.29 is 24.2 Å². The highest BCUT2D eigenvalue weighted by Crippen LogP contribution is 2.31. The van der Waals surface area contributed by atoms with E-state index in [1.807, 2.05) is 26.0 Å². The van der Waals surface area contributed by atoms with Crippen LogP contribution in [0.15, 0.2) is 24.3 Å². The molecule has 0 aliphatic carbocycles. The molecule has 0 aromatic heterocycles. The average Bonchev–Trinajstić information content (AvgIpc) is 2.49. The Morgan fingerprint density at radius 3 is 2.64 bits per heavy atom. The molecule has 1 heterocycles. The summed E-state index contributed by atoms with van der Waals surface area (Å²) in [6.45, 7) is 4.77. The van der Waals surface area contributed by atoms with E-state index in [9.17, 15) is 9.59 Å². The number of hydrogen-bond donors (Lipinski definition) is 1. The van der Waals surface area contributed by atoms with Gasteiger partial charge in [-0.3, -0.25) is 9.59 Å². The van der Waals surface area contributed by atoms with Gasteiger partial charge in [0.15, 0.2) is 11.5 Å². The first-order valence-electron chi connectivity index (χ1n) is 7.36. The molecular weight excluding hydrogens is 286 g/mol. The third kappa shape index (κ3) is 4.13. The van der Waals surface area contributed by atoms with Gasteiger partial charge in [0.05, 0.1) is 6.42 Å². The second-order valence-electron chi connectivity index (χ2n) is 5.69. The molecule has 1 aromatic carbocycles. The summed E-state index contributed by atoms with van der Waals surface area (Å²) in [6.07, 6.45) is -0.815. The molecule has 0 saturated carbocycles. The first-order valence-corrected chi connectivity index (χ1v) is 7.36. The zero-order valence-corrected chi connectivity index (χ0v) is 12.8. The van der Waals surface area contributed by atoms with Crippen molar-refractivity contribution in [3.63, 3.8) is 0 Å². The lowest BCUT2D eigenvalue weighted by Gasteiger charge is -2.31. The van der Waals surface area contributed by atoms with Crippen LogP contribution >= 0.6 is 0 Å². The van der Waals surface area contributed by atoms with Crippen molar-refractivity contribution in [3.8, 4) is 11.5 Å². The van der Waals surface area contributed by atoms with Gasteiger partial charge >= 0.3 is 5.97 Å². The molecule has 6 nitrogen and oxygen atoms in total. The SMILES string of the molecule is CC(C)CN(CCC(=O)O)C(=O)C1COc2ccccc2O1. The Balaban J connectivity index is 2.05. The molecule has 1 aliphatic heterocycles. The fraction of sp³-hybridized carbons (Fsp3) is 0.500. The van der Waals surface area contributed by atoms with Gasteiger partial charge in [0.25, 0.3) is 5.91 Å². The van der Waals surface area contributed by atoms with Crippen LogP contribution in [0.5, 0.6) is 11.5 Å². The molecule has 120 valence electrons. The highest BCUT2D eigenvalue weighted by Gasteiger charge is 2.31. The molecule has 6 heteroatoms. The van der Waals surface area contributed by atoms with Crippen LogP contribution < -0.4 is 9.47 Å². The average molecular weight is 307 g/mol. The summed E-state index contributed by atoms with van der Waals surface area (Å²) in [5.41, 5.74) is 0. The minimum absolute atomic E-state index is 0.0807.